The quantitative estimate of drug-likeness (QED) is 0.262. The van der Waals surface area contributed by atoms with Crippen molar-refractivity contribution < 1.29 is 19.1 Å². The smallest absolute Gasteiger partial charge is 0.329 e. The average molecular weight is 473 g/mol. The summed E-state index contributed by atoms with van der Waals surface area (Å²) in [5.74, 6) is -1.52. The van der Waals surface area contributed by atoms with Crippen molar-refractivity contribution in [1.29, 1.82) is 0 Å². The summed E-state index contributed by atoms with van der Waals surface area (Å²) in [7, 11) is 0. The highest BCUT2D eigenvalue weighted by Gasteiger charge is 2.14. The second-order valence-corrected chi connectivity index (χ2v) is 7.87. The second kappa shape index (κ2) is 12.1. The molecule has 0 saturated heterocycles. The largest absolute Gasteiger partial charge is 0.484 e. The Morgan fingerprint density at radius 1 is 0.886 bits per heavy atom. The van der Waals surface area contributed by atoms with Crippen molar-refractivity contribution >= 4 is 35.3 Å². The third-order valence-corrected chi connectivity index (χ3v) is 5.25. The number of aryl methyl sites for hydroxylation is 3. The van der Waals surface area contributed by atoms with Crippen LogP contribution in [0.4, 0.5) is 11.4 Å². The molecule has 0 unspecified atom stereocenters. The lowest BCUT2D eigenvalue weighted by Gasteiger charge is -2.09. The van der Waals surface area contributed by atoms with E-state index in [4.69, 9.17) is 4.74 Å². The van der Waals surface area contributed by atoms with Crippen LogP contribution in [-0.4, -0.2) is 30.5 Å². The fourth-order valence-corrected chi connectivity index (χ4v) is 3.20. The number of para-hydroxylation sites is 1. The van der Waals surface area contributed by atoms with Crippen LogP contribution in [0.2, 0.25) is 0 Å². The van der Waals surface area contributed by atoms with E-state index in [-0.39, 0.29) is 12.5 Å². The lowest BCUT2D eigenvalue weighted by Crippen LogP contribution is -2.32. The molecule has 0 atom stereocenters. The molecular weight excluding hydrogens is 444 g/mol. The number of nitrogens with one attached hydrogen (secondary N) is 3. The van der Waals surface area contributed by atoms with Crippen LogP contribution in [0.25, 0.3) is 0 Å². The number of nitrogens with zero attached hydrogens (tertiary/aromatic N) is 1. The van der Waals surface area contributed by atoms with E-state index in [1.54, 1.807) is 36.4 Å². The Bertz CT molecular complexity index is 1250. The molecule has 3 rings (SSSR count). The van der Waals surface area contributed by atoms with Gasteiger partial charge in [-0.25, -0.2) is 5.43 Å². The van der Waals surface area contributed by atoms with Gasteiger partial charge in [-0.05, 0) is 72.9 Å². The third-order valence-electron chi connectivity index (χ3n) is 5.25. The van der Waals surface area contributed by atoms with E-state index < -0.39 is 11.8 Å². The van der Waals surface area contributed by atoms with Crippen LogP contribution in [0.15, 0.2) is 71.8 Å². The molecule has 0 aliphatic carbocycles. The average Bonchev–Trinajstić information content (AvgIpc) is 2.85. The van der Waals surface area contributed by atoms with Crippen LogP contribution in [0.3, 0.4) is 0 Å². The Balaban J connectivity index is 1.49. The summed E-state index contributed by atoms with van der Waals surface area (Å²) < 4.78 is 5.56. The van der Waals surface area contributed by atoms with E-state index in [2.05, 4.69) is 21.2 Å². The van der Waals surface area contributed by atoms with Gasteiger partial charge in [-0.15, -0.1) is 0 Å². The number of rotatable bonds is 8. The van der Waals surface area contributed by atoms with Gasteiger partial charge < -0.3 is 15.4 Å². The Labute approximate surface area is 204 Å². The van der Waals surface area contributed by atoms with Crippen molar-refractivity contribution in [2.75, 3.05) is 17.2 Å². The molecule has 180 valence electrons. The van der Waals surface area contributed by atoms with Gasteiger partial charge in [0, 0.05) is 11.4 Å². The molecule has 3 N–H and O–H groups in total. The third kappa shape index (κ3) is 7.53. The standard InChI is InChI=1S/C27H28N4O4/c1-4-21-9-5-6-11-24(21)30-26(33)27(34)31-28-16-20-8-7-10-23(15-20)35-17-25(32)29-22-13-12-18(2)19(3)14-22/h5-16H,4,17H2,1-3H3,(H,29,32)(H,30,33)(H,31,34)/b28-16-. The fraction of sp³-hybridized carbons (Fsp3) is 0.185. The highest BCUT2D eigenvalue weighted by atomic mass is 16.5. The van der Waals surface area contributed by atoms with Gasteiger partial charge in [0.15, 0.2) is 6.61 Å². The van der Waals surface area contributed by atoms with Gasteiger partial charge in [-0.2, -0.15) is 5.10 Å². The summed E-state index contributed by atoms with van der Waals surface area (Å²) in [5.41, 5.74) is 7.29. The first kappa shape index (κ1) is 25.2. The van der Waals surface area contributed by atoms with Gasteiger partial charge >= 0.3 is 11.8 Å². The monoisotopic (exact) mass is 472 g/mol. The number of ether oxygens (including phenoxy) is 1. The zero-order valence-corrected chi connectivity index (χ0v) is 19.9. The summed E-state index contributed by atoms with van der Waals surface area (Å²) in [6.45, 7) is 5.79. The molecule has 0 aliphatic rings. The van der Waals surface area contributed by atoms with Crippen LogP contribution in [0.5, 0.6) is 5.75 Å². The Morgan fingerprint density at radius 3 is 2.46 bits per heavy atom. The van der Waals surface area contributed by atoms with E-state index >= 15 is 0 Å². The summed E-state index contributed by atoms with van der Waals surface area (Å²) in [6, 6.07) is 19.8. The minimum atomic E-state index is -0.887. The number of carbonyl (C=O) groups excluding carboxylic acids is 3. The highest BCUT2D eigenvalue weighted by molar-refractivity contribution is 6.39. The van der Waals surface area contributed by atoms with Crippen molar-refractivity contribution in [2.24, 2.45) is 5.10 Å². The molecule has 8 heteroatoms. The number of benzene rings is 3. The van der Waals surface area contributed by atoms with Crippen molar-refractivity contribution in [3.8, 4) is 5.75 Å². The van der Waals surface area contributed by atoms with Crippen molar-refractivity contribution in [1.82, 2.24) is 5.43 Å². The Morgan fingerprint density at radius 2 is 1.69 bits per heavy atom. The molecule has 0 spiro atoms. The molecule has 0 aromatic heterocycles. The predicted octanol–water partition coefficient (Wildman–Crippen LogP) is 3.97. The van der Waals surface area contributed by atoms with Crippen LogP contribution >= 0.6 is 0 Å². The molecular formula is C27H28N4O4. The lowest BCUT2D eigenvalue weighted by atomic mass is 10.1. The van der Waals surface area contributed by atoms with Crippen LogP contribution < -0.4 is 20.8 Å². The Hall–Kier alpha value is -4.46. The van der Waals surface area contributed by atoms with Crippen molar-refractivity contribution in [3.63, 3.8) is 0 Å². The van der Waals surface area contributed by atoms with Gasteiger partial charge in [0.1, 0.15) is 5.75 Å². The maximum atomic E-state index is 12.2. The number of hydrogen-bond acceptors (Lipinski definition) is 5. The maximum Gasteiger partial charge on any atom is 0.329 e. The molecule has 0 heterocycles. The van der Waals surface area contributed by atoms with Gasteiger partial charge in [0.2, 0.25) is 0 Å². The summed E-state index contributed by atoms with van der Waals surface area (Å²) in [4.78, 5) is 36.4. The second-order valence-electron chi connectivity index (χ2n) is 7.87. The first-order chi connectivity index (χ1) is 16.9. The predicted molar refractivity (Wildman–Crippen MR) is 137 cm³/mol. The number of anilines is 2. The molecule has 3 amide bonds. The molecule has 0 aliphatic heterocycles. The topological polar surface area (TPSA) is 109 Å². The molecule has 3 aromatic rings. The molecule has 8 nitrogen and oxygen atoms in total. The summed E-state index contributed by atoms with van der Waals surface area (Å²) in [6.07, 6.45) is 2.11. The molecule has 0 bridgehead atoms. The van der Waals surface area contributed by atoms with Crippen LogP contribution in [0, 0.1) is 13.8 Å². The molecule has 0 fully saturated rings. The number of hydrazone groups is 1. The van der Waals surface area contributed by atoms with E-state index in [0.717, 1.165) is 23.1 Å². The minimum Gasteiger partial charge on any atom is -0.484 e. The van der Waals surface area contributed by atoms with Crippen LogP contribution in [0.1, 0.15) is 29.2 Å². The van der Waals surface area contributed by atoms with E-state index in [9.17, 15) is 14.4 Å². The van der Waals surface area contributed by atoms with Gasteiger partial charge in [-0.1, -0.05) is 43.3 Å². The maximum absolute atomic E-state index is 12.2. The molecule has 0 saturated carbocycles. The number of carbonyl (C=O) groups is 3. The number of hydrogen-bond donors (Lipinski definition) is 3. The van der Waals surface area contributed by atoms with E-state index in [0.29, 0.717) is 22.7 Å². The Kier molecular flexibility index (Phi) is 8.72. The number of amides is 3. The zero-order valence-electron chi connectivity index (χ0n) is 19.9. The minimum absolute atomic E-state index is 0.163. The van der Waals surface area contributed by atoms with E-state index in [1.807, 2.05) is 51.1 Å². The van der Waals surface area contributed by atoms with Gasteiger partial charge in [0.25, 0.3) is 5.91 Å². The zero-order chi connectivity index (χ0) is 25.2. The molecule has 0 radical (unpaired) electrons. The van der Waals surface area contributed by atoms with Gasteiger partial charge in [0.05, 0.1) is 6.21 Å². The fourth-order valence-electron chi connectivity index (χ4n) is 3.20. The van der Waals surface area contributed by atoms with Crippen LogP contribution in [-0.2, 0) is 20.8 Å². The van der Waals surface area contributed by atoms with E-state index in [1.165, 1.54) is 6.21 Å². The normalized spacial score (nSPS) is 10.6. The molecule has 3 aromatic carbocycles. The first-order valence-corrected chi connectivity index (χ1v) is 11.2. The van der Waals surface area contributed by atoms with Crippen molar-refractivity contribution in [3.05, 3.63) is 89.0 Å². The van der Waals surface area contributed by atoms with Crippen molar-refractivity contribution in [2.45, 2.75) is 27.2 Å². The first-order valence-electron chi connectivity index (χ1n) is 11.2. The highest BCUT2D eigenvalue weighted by Crippen LogP contribution is 2.16. The lowest BCUT2D eigenvalue weighted by molar-refractivity contribution is -0.136. The summed E-state index contributed by atoms with van der Waals surface area (Å²) in [5, 5.41) is 9.22. The van der Waals surface area contributed by atoms with Gasteiger partial charge in [-0.3, -0.25) is 14.4 Å². The molecule has 35 heavy (non-hydrogen) atoms. The SMILES string of the molecule is CCc1ccccc1NC(=O)C(=O)N/N=C\c1cccc(OCC(=O)Nc2ccc(C)c(C)c2)c1. The summed E-state index contributed by atoms with van der Waals surface area (Å²) >= 11 is 0.